The lowest BCUT2D eigenvalue weighted by Crippen LogP contribution is -2.73. The van der Waals surface area contributed by atoms with Crippen molar-refractivity contribution in [3.8, 4) is 0 Å². The molecule has 5 heteroatoms. The summed E-state index contributed by atoms with van der Waals surface area (Å²) in [6.07, 6.45) is -0.237. The van der Waals surface area contributed by atoms with Crippen molar-refractivity contribution in [2.75, 3.05) is 26.2 Å². The molecule has 0 radical (unpaired) electrons. The number of morpholine rings is 1. The van der Waals surface area contributed by atoms with Gasteiger partial charge in [0.2, 0.25) is 0 Å². The molecule has 1 amide bonds. The van der Waals surface area contributed by atoms with Crippen LogP contribution in [0.1, 0.15) is 27.7 Å². The first-order valence-corrected chi connectivity index (χ1v) is 6.18. The van der Waals surface area contributed by atoms with Crippen molar-refractivity contribution in [2.24, 2.45) is 0 Å². The average molecular weight is 242 g/mol. The SMILES string of the molecule is CC1N(C(=O)OC(C)(C)C)CCOC12CNC2. The van der Waals surface area contributed by atoms with E-state index in [0.717, 1.165) is 13.1 Å². The van der Waals surface area contributed by atoms with Crippen molar-refractivity contribution >= 4 is 6.09 Å². The third-order valence-electron chi connectivity index (χ3n) is 3.43. The first-order valence-electron chi connectivity index (χ1n) is 6.18. The number of hydrogen-bond acceptors (Lipinski definition) is 4. The second kappa shape index (κ2) is 4.14. The van der Waals surface area contributed by atoms with Crippen LogP contribution in [-0.4, -0.2) is 54.5 Å². The minimum absolute atomic E-state index is 0.0624. The van der Waals surface area contributed by atoms with Gasteiger partial charge in [-0.05, 0) is 27.7 Å². The molecule has 2 aliphatic rings. The Kier molecular flexibility index (Phi) is 3.08. The Bertz CT molecular complexity index is 307. The second-order valence-corrected chi connectivity index (χ2v) is 5.87. The Labute approximate surface area is 102 Å². The van der Waals surface area contributed by atoms with Crippen molar-refractivity contribution in [3.63, 3.8) is 0 Å². The van der Waals surface area contributed by atoms with Gasteiger partial charge in [-0.25, -0.2) is 4.79 Å². The van der Waals surface area contributed by atoms with Gasteiger partial charge in [-0.15, -0.1) is 0 Å². The van der Waals surface area contributed by atoms with Gasteiger partial charge in [-0.2, -0.15) is 0 Å². The molecule has 0 bridgehead atoms. The van der Waals surface area contributed by atoms with Gasteiger partial charge in [0.25, 0.3) is 0 Å². The van der Waals surface area contributed by atoms with Gasteiger partial charge in [0.1, 0.15) is 11.2 Å². The number of amides is 1. The summed E-state index contributed by atoms with van der Waals surface area (Å²) >= 11 is 0. The zero-order chi connectivity index (χ0) is 12.7. The van der Waals surface area contributed by atoms with Crippen LogP contribution >= 0.6 is 0 Å². The average Bonchev–Trinajstić information content (AvgIpc) is 2.12. The lowest BCUT2D eigenvalue weighted by molar-refractivity contribution is -0.162. The lowest BCUT2D eigenvalue weighted by Gasteiger charge is -2.53. The molecular formula is C12H22N2O3. The summed E-state index contributed by atoms with van der Waals surface area (Å²) < 4.78 is 11.2. The molecule has 1 atom stereocenters. The monoisotopic (exact) mass is 242 g/mol. The Hall–Kier alpha value is -0.810. The number of carbonyl (C=O) groups is 1. The summed E-state index contributed by atoms with van der Waals surface area (Å²) in [6.45, 7) is 10.5. The molecule has 2 rings (SSSR count). The van der Waals surface area contributed by atoms with Crippen LogP contribution in [0.3, 0.4) is 0 Å². The molecule has 1 N–H and O–H groups in total. The van der Waals surface area contributed by atoms with E-state index in [0.29, 0.717) is 13.2 Å². The minimum Gasteiger partial charge on any atom is -0.444 e. The van der Waals surface area contributed by atoms with Gasteiger partial charge in [0.05, 0.1) is 12.6 Å². The van der Waals surface area contributed by atoms with Gasteiger partial charge in [-0.1, -0.05) is 0 Å². The van der Waals surface area contributed by atoms with Crippen LogP contribution in [0.25, 0.3) is 0 Å². The maximum atomic E-state index is 12.1. The van der Waals surface area contributed by atoms with Crippen molar-refractivity contribution in [3.05, 3.63) is 0 Å². The Morgan fingerprint density at radius 1 is 1.47 bits per heavy atom. The number of carbonyl (C=O) groups excluding carboxylic acids is 1. The highest BCUT2D eigenvalue weighted by atomic mass is 16.6. The summed E-state index contributed by atoms with van der Waals surface area (Å²) in [5.74, 6) is 0. The highest BCUT2D eigenvalue weighted by Gasteiger charge is 2.50. The molecule has 5 nitrogen and oxygen atoms in total. The molecule has 2 saturated heterocycles. The van der Waals surface area contributed by atoms with Crippen LogP contribution in [0.5, 0.6) is 0 Å². The van der Waals surface area contributed by atoms with Gasteiger partial charge >= 0.3 is 6.09 Å². The fraction of sp³-hybridized carbons (Fsp3) is 0.917. The van der Waals surface area contributed by atoms with Crippen LogP contribution in [0, 0.1) is 0 Å². The molecule has 2 aliphatic heterocycles. The third-order valence-corrected chi connectivity index (χ3v) is 3.43. The van der Waals surface area contributed by atoms with Crippen LogP contribution < -0.4 is 5.32 Å². The van der Waals surface area contributed by atoms with E-state index < -0.39 is 5.60 Å². The molecule has 1 unspecified atom stereocenters. The van der Waals surface area contributed by atoms with Gasteiger partial charge in [0.15, 0.2) is 0 Å². The quantitative estimate of drug-likeness (QED) is 0.688. The van der Waals surface area contributed by atoms with Crippen molar-refractivity contribution in [1.82, 2.24) is 10.2 Å². The molecule has 17 heavy (non-hydrogen) atoms. The van der Waals surface area contributed by atoms with E-state index in [2.05, 4.69) is 5.32 Å². The Balaban J connectivity index is 2.03. The lowest BCUT2D eigenvalue weighted by atomic mass is 9.86. The van der Waals surface area contributed by atoms with Crippen LogP contribution in [0.15, 0.2) is 0 Å². The minimum atomic E-state index is -0.444. The van der Waals surface area contributed by atoms with E-state index in [9.17, 15) is 4.79 Å². The standard InChI is InChI=1S/C12H22N2O3/c1-9-12(7-13-8-12)16-6-5-14(9)10(15)17-11(2,3)4/h9,13H,5-8H2,1-4H3. The van der Waals surface area contributed by atoms with Gasteiger partial charge in [-0.3, -0.25) is 0 Å². The highest BCUT2D eigenvalue weighted by molar-refractivity contribution is 5.69. The first-order chi connectivity index (χ1) is 7.84. The number of hydrogen-bond donors (Lipinski definition) is 1. The first kappa shape index (κ1) is 12.6. The fourth-order valence-corrected chi connectivity index (χ4v) is 2.28. The number of nitrogens with one attached hydrogen (secondary N) is 1. The summed E-state index contributed by atoms with van der Waals surface area (Å²) in [6, 6.07) is 0.0624. The van der Waals surface area contributed by atoms with Crippen LogP contribution in [0.4, 0.5) is 4.79 Å². The molecule has 0 aromatic rings. The van der Waals surface area contributed by atoms with Crippen molar-refractivity contribution in [2.45, 2.75) is 44.9 Å². The maximum absolute atomic E-state index is 12.1. The predicted octanol–water partition coefficient (Wildman–Crippen LogP) is 0.984. The molecule has 1 spiro atoms. The summed E-state index contributed by atoms with van der Waals surface area (Å²) in [5.41, 5.74) is -0.644. The summed E-state index contributed by atoms with van der Waals surface area (Å²) in [5, 5.41) is 3.21. The molecule has 0 aromatic heterocycles. The van der Waals surface area contributed by atoms with E-state index in [1.165, 1.54) is 0 Å². The van der Waals surface area contributed by atoms with E-state index >= 15 is 0 Å². The van der Waals surface area contributed by atoms with Crippen LogP contribution in [-0.2, 0) is 9.47 Å². The summed E-state index contributed by atoms with van der Waals surface area (Å²) in [7, 11) is 0. The van der Waals surface area contributed by atoms with Gasteiger partial charge in [0, 0.05) is 19.6 Å². The zero-order valence-electron chi connectivity index (χ0n) is 11.1. The smallest absolute Gasteiger partial charge is 0.410 e. The van der Waals surface area contributed by atoms with Crippen molar-refractivity contribution in [1.29, 1.82) is 0 Å². The molecular weight excluding hydrogens is 220 g/mol. The van der Waals surface area contributed by atoms with E-state index in [4.69, 9.17) is 9.47 Å². The molecule has 0 saturated carbocycles. The molecule has 0 aliphatic carbocycles. The largest absolute Gasteiger partial charge is 0.444 e. The fourth-order valence-electron chi connectivity index (χ4n) is 2.28. The van der Waals surface area contributed by atoms with Crippen molar-refractivity contribution < 1.29 is 14.3 Å². The van der Waals surface area contributed by atoms with E-state index in [1.807, 2.05) is 27.7 Å². The maximum Gasteiger partial charge on any atom is 0.410 e. The molecule has 2 fully saturated rings. The molecule has 98 valence electrons. The highest BCUT2D eigenvalue weighted by Crippen LogP contribution is 2.29. The summed E-state index contributed by atoms with van der Waals surface area (Å²) in [4.78, 5) is 13.9. The Morgan fingerprint density at radius 3 is 2.59 bits per heavy atom. The predicted molar refractivity (Wildman–Crippen MR) is 64.0 cm³/mol. The third kappa shape index (κ3) is 2.40. The topological polar surface area (TPSA) is 50.8 Å². The number of ether oxygens (including phenoxy) is 2. The normalized spacial score (nSPS) is 27.8. The molecule has 0 aromatic carbocycles. The van der Waals surface area contributed by atoms with Crippen LogP contribution in [0.2, 0.25) is 0 Å². The second-order valence-electron chi connectivity index (χ2n) is 5.87. The Morgan fingerprint density at radius 2 is 2.12 bits per heavy atom. The van der Waals surface area contributed by atoms with E-state index in [1.54, 1.807) is 4.90 Å². The number of nitrogens with zero attached hydrogens (tertiary/aromatic N) is 1. The number of rotatable bonds is 0. The molecule has 2 heterocycles. The zero-order valence-corrected chi connectivity index (χ0v) is 11.1. The van der Waals surface area contributed by atoms with Gasteiger partial charge < -0.3 is 19.7 Å². The van der Waals surface area contributed by atoms with E-state index in [-0.39, 0.29) is 17.7 Å².